The molecule has 3 aromatic rings. The van der Waals surface area contributed by atoms with Crippen LogP contribution in [-0.2, 0) is 12.0 Å². The van der Waals surface area contributed by atoms with E-state index < -0.39 is 0 Å². The normalized spacial score (nSPS) is 15.0. The lowest BCUT2D eigenvalue weighted by Crippen LogP contribution is -2.41. The van der Waals surface area contributed by atoms with Crippen LogP contribution in [0.15, 0.2) is 65.8 Å². The van der Waals surface area contributed by atoms with Gasteiger partial charge in [-0.2, -0.15) is 0 Å². The predicted octanol–water partition coefficient (Wildman–Crippen LogP) is 4.39. The molecule has 0 aliphatic heterocycles. The Morgan fingerprint density at radius 1 is 1.11 bits per heavy atom. The Kier molecular flexibility index (Phi) is 6.49. The number of nitrogens with zero attached hydrogens (tertiary/aromatic N) is 2. The van der Waals surface area contributed by atoms with Crippen LogP contribution in [0.5, 0.6) is 0 Å². The number of rotatable bonds is 5. The number of pyridine rings is 1. The number of fused-ring (bicyclic) bond motifs is 1. The predicted molar refractivity (Wildman–Crippen MR) is 123 cm³/mol. The van der Waals surface area contributed by atoms with Crippen molar-refractivity contribution in [2.75, 3.05) is 13.6 Å². The maximum atomic E-state index is 13.6. The van der Waals surface area contributed by atoms with E-state index in [9.17, 15) is 4.39 Å². The Bertz CT molecular complexity index is 980. The van der Waals surface area contributed by atoms with Crippen molar-refractivity contribution < 1.29 is 4.39 Å². The van der Waals surface area contributed by atoms with Gasteiger partial charge in [-0.05, 0) is 42.0 Å². The van der Waals surface area contributed by atoms with E-state index in [1.807, 2.05) is 30.5 Å². The van der Waals surface area contributed by atoms with Gasteiger partial charge in [-0.25, -0.2) is 4.39 Å². The van der Waals surface area contributed by atoms with Crippen LogP contribution >= 0.6 is 24.0 Å². The Balaban J connectivity index is 0.00000225. The fourth-order valence-corrected chi connectivity index (χ4v) is 3.50. The fraction of sp³-hybridized carbons (Fsp3) is 0.273. The molecule has 4 nitrogen and oxygen atoms in total. The molecule has 1 aromatic heterocycles. The quantitative estimate of drug-likeness (QED) is 0.317. The van der Waals surface area contributed by atoms with Gasteiger partial charge in [0.2, 0.25) is 0 Å². The number of halogens is 2. The van der Waals surface area contributed by atoms with Crippen molar-refractivity contribution in [3.63, 3.8) is 0 Å². The average molecular weight is 490 g/mol. The van der Waals surface area contributed by atoms with E-state index in [4.69, 9.17) is 0 Å². The van der Waals surface area contributed by atoms with Crippen molar-refractivity contribution in [1.82, 2.24) is 15.6 Å². The van der Waals surface area contributed by atoms with Crippen LogP contribution in [0.25, 0.3) is 10.8 Å². The third kappa shape index (κ3) is 4.43. The molecule has 146 valence electrons. The van der Waals surface area contributed by atoms with Gasteiger partial charge in [-0.1, -0.05) is 36.4 Å². The summed E-state index contributed by atoms with van der Waals surface area (Å²) in [6.45, 7) is 1.33. The Morgan fingerprint density at radius 3 is 2.68 bits per heavy atom. The first-order valence-electron chi connectivity index (χ1n) is 9.23. The van der Waals surface area contributed by atoms with Crippen molar-refractivity contribution in [1.29, 1.82) is 0 Å². The molecule has 0 saturated heterocycles. The molecule has 6 heteroatoms. The molecule has 0 atom stereocenters. The molecule has 0 radical (unpaired) electrons. The zero-order valence-electron chi connectivity index (χ0n) is 15.8. The van der Waals surface area contributed by atoms with Crippen molar-refractivity contribution >= 4 is 40.7 Å². The summed E-state index contributed by atoms with van der Waals surface area (Å²) >= 11 is 0. The zero-order valence-corrected chi connectivity index (χ0v) is 18.1. The number of hydrogen-bond donors (Lipinski definition) is 2. The second-order valence-corrected chi connectivity index (χ2v) is 7.05. The van der Waals surface area contributed by atoms with Crippen molar-refractivity contribution in [2.45, 2.75) is 24.8 Å². The van der Waals surface area contributed by atoms with Crippen LogP contribution in [0.1, 0.15) is 24.1 Å². The summed E-state index contributed by atoms with van der Waals surface area (Å²) in [5.41, 5.74) is 2.06. The van der Waals surface area contributed by atoms with Crippen LogP contribution in [0, 0.1) is 5.82 Å². The summed E-state index contributed by atoms with van der Waals surface area (Å²) in [5, 5.41) is 9.06. The molecule has 1 fully saturated rings. The molecule has 1 aliphatic carbocycles. The highest BCUT2D eigenvalue weighted by Crippen LogP contribution is 2.47. The second-order valence-electron chi connectivity index (χ2n) is 7.05. The molecule has 28 heavy (non-hydrogen) atoms. The monoisotopic (exact) mass is 490 g/mol. The summed E-state index contributed by atoms with van der Waals surface area (Å²) in [5.74, 6) is 0.552. The number of aromatic nitrogens is 1. The maximum Gasteiger partial charge on any atom is 0.191 e. The first kappa shape index (κ1) is 20.5. The van der Waals surface area contributed by atoms with E-state index in [0.717, 1.165) is 42.0 Å². The average Bonchev–Trinajstić information content (AvgIpc) is 3.49. The van der Waals surface area contributed by atoms with E-state index in [-0.39, 0.29) is 35.2 Å². The highest BCUT2D eigenvalue weighted by Gasteiger charge is 2.44. The number of guanidine groups is 1. The minimum absolute atomic E-state index is 0. The van der Waals surface area contributed by atoms with Gasteiger partial charge in [-0.3, -0.25) is 9.98 Å². The fourth-order valence-electron chi connectivity index (χ4n) is 3.50. The lowest BCUT2D eigenvalue weighted by atomic mass is 9.96. The van der Waals surface area contributed by atoms with Crippen LogP contribution < -0.4 is 10.6 Å². The van der Waals surface area contributed by atoms with Gasteiger partial charge in [-0.15, -0.1) is 24.0 Å². The molecule has 1 heterocycles. The zero-order chi connectivity index (χ0) is 18.7. The van der Waals surface area contributed by atoms with Gasteiger partial charge in [0.25, 0.3) is 0 Å². The Morgan fingerprint density at radius 2 is 1.93 bits per heavy atom. The molecule has 0 bridgehead atoms. The third-order valence-electron chi connectivity index (χ3n) is 5.29. The number of aliphatic imine (C=N–C) groups is 1. The molecule has 2 N–H and O–H groups in total. The third-order valence-corrected chi connectivity index (χ3v) is 5.29. The molecular weight excluding hydrogens is 466 g/mol. The van der Waals surface area contributed by atoms with Crippen LogP contribution in [0.2, 0.25) is 0 Å². The summed E-state index contributed by atoms with van der Waals surface area (Å²) in [6, 6.07) is 17.2. The van der Waals surface area contributed by atoms with Gasteiger partial charge >= 0.3 is 0 Å². The van der Waals surface area contributed by atoms with E-state index in [2.05, 4.69) is 32.7 Å². The minimum atomic E-state index is -0.177. The van der Waals surface area contributed by atoms with Gasteiger partial charge < -0.3 is 10.6 Å². The van der Waals surface area contributed by atoms with Gasteiger partial charge in [0.15, 0.2) is 5.96 Å². The second kappa shape index (κ2) is 8.86. The summed E-state index contributed by atoms with van der Waals surface area (Å²) < 4.78 is 13.6. The van der Waals surface area contributed by atoms with Crippen molar-refractivity contribution in [3.05, 3.63) is 77.9 Å². The van der Waals surface area contributed by atoms with E-state index in [1.165, 1.54) is 11.5 Å². The maximum absolute atomic E-state index is 13.6. The molecule has 1 saturated carbocycles. The van der Waals surface area contributed by atoms with E-state index >= 15 is 0 Å². The first-order valence-corrected chi connectivity index (χ1v) is 9.23. The largest absolute Gasteiger partial charge is 0.356 e. The smallest absolute Gasteiger partial charge is 0.191 e. The summed E-state index contributed by atoms with van der Waals surface area (Å²) in [7, 11) is 1.76. The first-order chi connectivity index (χ1) is 13.2. The van der Waals surface area contributed by atoms with E-state index in [0.29, 0.717) is 6.54 Å². The molecule has 0 unspecified atom stereocenters. The van der Waals surface area contributed by atoms with E-state index in [1.54, 1.807) is 19.2 Å². The summed E-state index contributed by atoms with van der Waals surface area (Å²) in [6.07, 6.45) is 3.95. The van der Waals surface area contributed by atoms with Crippen molar-refractivity contribution in [2.24, 2.45) is 4.99 Å². The van der Waals surface area contributed by atoms with Crippen LogP contribution in [0.4, 0.5) is 4.39 Å². The molecule has 2 aromatic carbocycles. The highest BCUT2D eigenvalue weighted by atomic mass is 127. The van der Waals surface area contributed by atoms with Gasteiger partial charge in [0.05, 0.1) is 12.2 Å². The lowest BCUT2D eigenvalue weighted by Gasteiger charge is -2.19. The SMILES string of the molecule is CN=C(NCc1nccc2ccccc12)NCC1(c2cccc(F)c2)CC1.I. The summed E-state index contributed by atoms with van der Waals surface area (Å²) in [4.78, 5) is 8.82. The molecule has 0 amide bonds. The minimum Gasteiger partial charge on any atom is -0.356 e. The number of benzene rings is 2. The Labute approximate surface area is 181 Å². The van der Waals surface area contributed by atoms with Crippen LogP contribution in [-0.4, -0.2) is 24.5 Å². The highest BCUT2D eigenvalue weighted by molar-refractivity contribution is 14.0. The van der Waals surface area contributed by atoms with Gasteiger partial charge in [0.1, 0.15) is 5.82 Å². The van der Waals surface area contributed by atoms with Crippen LogP contribution in [0.3, 0.4) is 0 Å². The lowest BCUT2D eigenvalue weighted by molar-refractivity contribution is 0.607. The van der Waals surface area contributed by atoms with Gasteiger partial charge in [0, 0.05) is 30.6 Å². The molecule has 4 rings (SSSR count). The Hall–Kier alpha value is -2.22. The number of hydrogen-bond acceptors (Lipinski definition) is 2. The standard InChI is InChI=1S/C22H23FN4.HI/c1-24-21(26-14-20-19-8-3-2-5-16(19)9-12-25-20)27-15-22(10-11-22)17-6-4-7-18(23)13-17;/h2-9,12-13H,10-11,14-15H2,1H3,(H2,24,26,27);1H. The number of nitrogens with one attached hydrogen (secondary N) is 2. The molecular formula is C22H24FIN4. The molecule has 1 aliphatic rings. The topological polar surface area (TPSA) is 49.3 Å². The van der Waals surface area contributed by atoms with Crippen molar-refractivity contribution in [3.8, 4) is 0 Å². The molecule has 0 spiro atoms.